The summed E-state index contributed by atoms with van der Waals surface area (Å²) in [4.78, 5) is 23.3. The summed E-state index contributed by atoms with van der Waals surface area (Å²) in [5, 5.41) is 0. The Balaban J connectivity index is 1.11. The highest BCUT2D eigenvalue weighted by Crippen LogP contribution is 2.36. The highest BCUT2D eigenvalue weighted by molar-refractivity contribution is 5.76. The second-order valence-electron chi connectivity index (χ2n) is 12.8. The van der Waals surface area contributed by atoms with E-state index in [2.05, 4.69) is 93.3 Å². The SMILES string of the molecule is COc1cc2c(cc1OC)CN([C@@H]1CCN(Cc3ccccc3)C[C@@H]1CCC(=O)N1CCN(c3ccc(C)cc3)CC1)CC2. The minimum atomic E-state index is 0.313. The number of benzene rings is 3. The summed E-state index contributed by atoms with van der Waals surface area (Å²) in [7, 11) is 3.42. The summed E-state index contributed by atoms with van der Waals surface area (Å²) in [6.45, 7) is 10.6. The molecule has 7 heteroatoms. The van der Waals surface area contributed by atoms with Crippen LogP contribution in [0.5, 0.6) is 11.5 Å². The van der Waals surface area contributed by atoms with Crippen LogP contribution in [0.25, 0.3) is 0 Å². The number of piperidine rings is 1. The van der Waals surface area contributed by atoms with E-state index in [1.54, 1.807) is 14.2 Å². The predicted octanol–water partition coefficient (Wildman–Crippen LogP) is 5.39. The number of piperazine rings is 1. The number of likely N-dealkylation sites (tertiary alicyclic amines) is 1. The van der Waals surface area contributed by atoms with Crippen molar-refractivity contribution in [1.82, 2.24) is 14.7 Å². The first-order chi connectivity index (χ1) is 21.5. The lowest BCUT2D eigenvalue weighted by Gasteiger charge is -2.46. The highest BCUT2D eigenvalue weighted by atomic mass is 16.5. The number of anilines is 1. The van der Waals surface area contributed by atoms with Gasteiger partial charge in [0.05, 0.1) is 14.2 Å². The van der Waals surface area contributed by atoms with Gasteiger partial charge in [0.15, 0.2) is 11.5 Å². The molecule has 0 unspecified atom stereocenters. The van der Waals surface area contributed by atoms with Gasteiger partial charge in [-0.1, -0.05) is 48.0 Å². The Hall–Kier alpha value is -3.55. The van der Waals surface area contributed by atoms with Crippen LogP contribution in [0.15, 0.2) is 66.7 Å². The molecule has 234 valence electrons. The van der Waals surface area contributed by atoms with E-state index in [9.17, 15) is 4.79 Å². The molecule has 3 aromatic carbocycles. The molecule has 2 fully saturated rings. The number of rotatable bonds is 9. The Morgan fingerprint density at radius 3 is 2.25 bits per heavy atom. The number of methoxy groups -OCH3 is 2. The summed E-state index contributed by atoms with van der Waals surface area (Å²) in [6.07, 6.45) is 3.70. The smallest absolute Gasteiger partial charge is 0.222 e. The maximum Gasteiger partial charge on any atom is 0.222 e. The number of aryl methyl sites for hydroxylation is 1. The van der Waals surface area contributed by atoms with Gasteiger partial charge in [-0.3, -0.25) is 14.6 Å². The first-order valence-electron chi connectivity index (χ1n) is 16.3. The molecule has 6 rings (SSSR count). The van der Waals surface area contributed by atoms with Crippen molar-refractivity contribution in [2.24, 2.45) is 5.92 Å². The van der Waals surface area contributed by atoms with Crippen LogP contribution >= 0.6 is 0 Å². The van der Waals surface area contributed by atoms with E-state index in [0.29, 0.717) is 24.3 Å². The van der Waals surface area contributed by atoms with Gasteiger partial charge < -0.3 is 19.3 Å². The first kappa shape index (κ1) is 30.5. The molecule has 7 nitrogen and oxygen atoms in total. The molecule has 3 aliphatic rings. The summed E-state index contributed by atoms with van der Waals surface area (Å²) in [6, 6.07) is 24.3. The van der Waals surface area contributed by atoms with Crippen LogP contribution in [0.4, 0.5) is 5.69 Å². The Kier molecular flexibility index (Phi) is 9.72. The van der Waals surface area contributed by atoms with Gasteiger partial charge in [-0.25, -0.2) is 0 Å². The van der Waals surface area contributed by atoms with Crippen molar-refractivity contribution in [1.29, 1.82) is 0 Å². The van der Waals surface area contributed by atoms with Crippen molar-refractivity contribution in [2.45, 2.75) is 51.7 Å². The number of amides is 1. The molecule has 0 aromatic heterocycles. The third kappa shape index (κ3) is 7.05. The van der Waals surface area contributed by atoms with E-state index in [0.717, 1.165) is 89.7 Å². The topological polar surface area (TPSA) is 48.5 Å². The van der Waals surface area contributed by atoms with Gasteiger partial charge in [-0.2, -0.15) is 0 Å². The van der Waals surface area contributed by atoms with Crippen molar-refractivity contribution in [3.8, 4) is 11.5 Å². The molecule has 0 saturated carbocycles. The van der Waals surface area contributed by atoms with Crippen molar-refractivity contribution in [3.63, 3.8) is 0 Å². The average Bonchev–Trinajstić information content (AvgIpc) is 3.07. The number of ether oxygens (including phenoxy) is 2. The van der Waals surface area contributed by atoms with Crippen molar-refractivity contribution in [2.75, 3.05) is 64.9 Å². The monoisotopic (exact) mass is 596 g/mol. The maximum atomic E-state index is 13.5. The lowest BCUT2D eigenvalue weighted by Crippen LogP contribution is -2.52. The van der Waals surface area contributed by atoms with Gasteiger partial charge in [0, 0.05) is 70.5 Å². The summed E-state index contributed by atoms with van der Waals surface area (Å²) < 4.78 is 11.2. The number of fused-ring (bicyclic) bond motifs is 1. The number of nitrogens with zero attached hydrogens (tertiary/aromatic N) is 4. The molecule has 0 radical (unpaired) electrons. The minimum Gasteiger partial charge on any atom is -0.493 e. The second-order valence-corrected chi connectivity index (χ2v) is 12.8. The normalized spacial score (nSPS) is 21.2. The molecule has 1 amide bonds. The summed E-state index contributed by atoms with van der Waals surface area (Å²) in [5.74, 6) is 2.38. The van der Waals surface area contributed by atoms with E-state index in [1.807, 2.05) is 0 Å². The van der Waals surface area contributed by atoms with Crippen molar-refractivity contribution < 1.29 is 14.3 Å². The number of carbonyl (C=O) groups excluding carboxylic acids is 1. The van der Waals surface area contributed by atoms with Gasteiger partial charge in [0.25, 0.3) is 0 Å². The van der Waals surface area contributed by atoms with Crippen LogP contribution in [0, 0.1) is 12.8 Å². The number of hydrogen-bond acceptors (Lipinski definition) is 6. The van der Waals surface area contributed by atoms with E-state index in [1.165, 1.54) is 27.9 Å². The molecule has 3 aliphatic heterocycles. The Morgan fingerprint density at radius 1 is 0.841 bits per heavy atom. The largest absolute Gasteiger partial charge is 0.493 e. The van der Waals surface area contributed by atoms with Crippen molar-refractivity contribution in [3.05, 3.63) is 89.0 Å². The molecule has 0 bridgehead atoms. The van der Waals surface area contributed by atoms with Crippen LogP contribution in [0.1, 0.15) is 41.5 Å². The van der Waals surface area contributed by atoms with Crippen LogP contribution in [0.2, 0.25) is 0 Å². The Labute approximate surface area is 263 Å². The lowest BCUT2D eigenvalue weighted by molar-refractivity contribution is -0.132. The number of hydrogen-bond donors (Lipinski definition) is 0. The quantitative estimate of drug-likeness (QED) is 0.330. The highest BCUT2D eigenvalue weighted by Gasteiger charge is 2.35. The van der Waals surface area contributed by atoms with Gasteiger partial charge in [-0.15, -0.1) is 0 Å². The van der Waals surface area contributed by atoms with Crippen LogP contribution in [-0.4, -0.2) is 86.7 Å². The van der Waals surface area contributed by atoms with Crippen LogP contribution in [0.3, 0.4) is 0 Å². The predicted molar refractivity (Wildman–Crippen MR) is 176 cm³/mol. The molecule has 3 aromatic rings. The van der Waals surface area contributed by atoms with Crippen LogP contribution < -0.4 is 14.4 Å². The molecular weight excluding hydrogens is 548 g/mol. The van der Waals surface area contributed by atoms with Crippen molar-refractivity contribution >= 4 is 11.6 Å². The fourth-order valence-electron chi connectivity index (χ4n) is 7.47. The minimum absolute atomic E-state index is 0.313. The zero-order chi connectivity index (χ0) is 30.5. The molecule has 0 N–H and O–H groups in total. The zero-order valence-electron chi connectivity index (χ0n) is 26.7. The second kappa shape index (κ2) is 14.0. The van der Waals surface area contributed by atoms with E-state index in [4.69, 9.17) is 9.47 Å². The zero-order valence-corrected chi connectivity index (χ0v) is 26.7. The summed E-state index contributed by atoms with van der Waals surface area (Å²) in [5.41, 5.74) is 6.59. The van der Waals surface area contributed by atoms with Crippen LogP contribution in [-0.2, 0) is 24.3 Å². The third-order valence-electron chi connectivity index (χ3n) is 10.0. The summed E-state index contributed by atoms with van der Waals surface area (Å²) >= 11 is 0. The Bertz CT molecular complexity index is 1390. The lowest BCUT2D eigenvalue weighted by atomic mass is 9.85. The molecule has 3 heterocycles. The van der Waals surface area contributed by atoms with Gasteiger partial charge in [-0.05, 0) is 79.6 Å². The molecule has 0 aliphatic carbocycles. The van der Waals surface area contributed by atoms with Gasteiger partial charge in [0.2, 0.25) is 5.91 Å². The molecule has 2 saturated heterocycles. The van der Waals surface area contributed by atoms with Gasteiger partial charge in [0.1, 0.15) is 0 Å². The fraction of sp³-hybridized carbons (Fsp3) is 0.486. The molecular formula is C37H48N4O3. The fourth-order valence-corrected chi connectivity index (χ4v) is 7.47. The molecule has 0 spiro atoms. The number of carbonyl (C=O) groups is 1. The molecule has 44 heavy (non-hydrogen) atoms. The molecule has 2 atom stereocenters. The van der Waals surface area contributed by atoms with E-state index < -0.39 is 0 Å². The van der Waals surface area contributed by atoms with E-state index >= 15 is 0 Å². The van der Waals surface area contributed by atoms with Gasteiger partial charge >= 0.3 is 0 Å². The first-order valence-corrected chi connectivity index (χ1v) is 16.3. The Morgan fingerprint density at radius 2 is 1.55 bits per heavy atom. The van der Waals surface area contributed by atoms with E-state index in [-0.39, 0.29) is 0 Å². The maximum absolute atomic E-state index is 13.5. The third-order valence-corrected chi connectivity index (χ3v) is 10.0. The standard InChI is InChI=1S/C37H48N4O3/c1-28-9-12-33(13-10-28)39-19-21-40(22-20-39)37(42)14-11-31-26-38(25-29-7-5-4-6-8-29)17-16-34(31)41-18-15-30-23-35(43-2)36(44-3)24-32(30)27-41/h4-10,12-13,23-24,31,34H,11,14-22,25-27H2,1-3H3/t31-,34+/m0/s1. The average molecular weight is 597 g/mol.